The highest BCUT2D eigenvalue weighted by molar-refractivity contribution is 5.98. The fourth-order valence-electron chi connectivity index (χ4n) is 2.01. The highest BCUT2D eigenvalue weighted by atomic mass is 19.4. The Labute approximate surface area is 90.1 Å². The predicted molar refractivity (Wildman–Crippen MR) is 50.2 cm³/mol. The average molecular weight is 232 g/mol. The van der Waals surface area contributed by atoms with Gasteiger partial charge in [-0.3, -0.25) is 4.79 Å². The molecule has 1 heterocycles. The van der Waals surface area contributed by atoms with Gasteiger partial charge in [-0.05, 0) is 12.8 Å². The molecule has 0 aliphatic heterocycles. The number of nitrogens with one attached hydrogen (secondary N) is 1. The molecule has 88 valence electrons. The van der Waals surface area contributed by atoms with Crippen molar-refractivity contribution >= 4 is 5.78 Å². The first-order valence-corrected chi connectivity index (χ1v) is 5.15. The molecule has 0 unspecified atom stereocenters. The average Bonchev–Trinajstić information content (AvgIpc) is 2.85. The Morgan fingerprint density at radius 1 is 1.38 bits per heavy atom. The van der Waals surface area contributed by atoms with Crippen LogP contribution in [0.5, 0.6) is 0 Å². The smallest absolute Gasteiger partial charge is 0.339 e. The summed E-state index contributed by atoms with van der Waals surface area (Å²) in [5.41, 5.74) is -0.464. The molecule has 1 aromatic heterocycles. The second kappa shape index (κ2) is 3.92. The minimum absolute atomic E-state index is 0.176. The van der Waals surface area contributed by atoms with Crippen LogP contribution in [0.2, 0.25) is 0 Å². The quantitative estimate of drug-likeness (QED) is 0.797. The Bertz CT molecular complexity index is 391. The maximum absolute atomic E-state index is 12.1. The van der Waals surface area contributed by atoms with Crippen LogP contribution >= 0.6 is 0 Å². The van der Waals surface area contributed by atoms with Crippen LogP contribution in [-0.4, -0.2) is 21.9 Å². The van der Waals surface area contributed by atoms with Crippen molar-refractivity contribution in [3.8, 4) is 0 Å². The van der Waals surface area contributed by atoms with Crippen LogP contribution in [0, 0.1) is 0 Å². The van der Waals surface area contributed by atoms with E-state index in [0.717, 1.165) is 31.9 Å². The standard InChI is InChI=1S/C10H11F3N2O/c11-10(12,13)8(16)7-5-14-9(15-7)6-3-1-2-4-6/h5-6H,1-4H2,(H,14,15). The van der Waals surface area contributed by atoms with Crippen LogP contribution in [0.3, 0.4) is 0 Å². The molecule has 1 aliphatic carbocycles. The molecule has 0 bridgehead atoms. The van der Waals surface area contributed by atoms with Gasteiger partial charge < -0.3 is 4.98 Å². The summed E-state index contributed by atoms with van der Waals surface area (Å²) in [7, 11) is 0. The minimum Gasteiger partial charge on any atom is -0.339 e. The molecule has 3 nitrogen and oxygen atoms in total. The van der Waals surface area contributed by atoms with E-state index in [1.165, 1.54) is 0 Å². The molecule has 0 spiro atoms. The van der Waals surface area contributed by atoms with E-state index in [9.17, 15) is 18.0 Å². The van der Waals surface area contributed by atoms with Crippen LogP contribution in [0.15, 0.2) is 6.20 Å². The Morgan fingerprint density at radius 2 is 2.00 bits per heavy atom. The van der Waals surface area contributed by atoms with Gasteiger partial charge in [0.05, 0.1) is 6.20 Å². The zero-order valence-corrected chi connectivity index (χ0v) is 8.47. The maximum atomic E-state index is 12.1. The van der Waals surface area contributed by atoms with Gasteiger partial charge in [-0.1, -0.05) is 12.8 Å². The summed E-state index contributed by atoms with van der Waals surface area (Å²) in [6.45, 7) is 0. The Kier molecular flexibility index (Phi) is 2.73. The summed E-state index contributed by atoms with van der Waals surface area (Å²) < 4.78 is 36.4. The van der Waals surface area contributed by atoms with Crippen LogP contribution < -0.4 is 0 Å². The number of hydrogen-bond donors (Lipinski definition) is 1. The lowest BCUT2D eigenvalue weighted by molar-refractivity contribution is -0.0888. The number of carbonyl (C=O) groups excluding carboxylic acids is 1. The number of hydrogen-bond acceptors (Lipinski definition) is 2. The van der Waals surface area contributed by atoms with Crippen molar-refractivity contribution in [3.05, 3.63) is 17.7 Å². The third kappa shape index (κ3) is 2.10. The number of ketones is 1. The third-order valence-electron chi connectivity index (χ3n) is 2.84. The van der Waals surface area contributed by atoms with Gasteiger partial charge in [-0.25, -0.2) is 4.98 Å². The topological polar surface area (TPSA) is 45.8 Å². The number of H-pyrrole nitrogens is 1. The van der Waals surface area contributed by atoms with Crippen molar-refractivity contribution in [1.82, 2.24) is 9.97 Å². The number of rotatable bonds is 2. The second-order valence-electron chi connectivity index (χ2n) is 3.99. The van der Waals surface area contributed by atoms with Crippen LogP contribution in [0.25, 0.3) is 0 Å². The van der Waals surface area contributed by atoms with E-state index in [1.54, 1.807) is 0 Å². The van der Waals surface area contributed by atoms with E-state index in [1.807, 2.05) is 0 Å². The zero-order chi connectivity index (χ0) is 11.8. The van der Waals surface area contributed by atoms with Gasteiger partial charge in [0, 0.05) is 5.92 Å². The van der Waals surface area contributed by atoms with E-state index in [2.05, 4.69) is 9.97 Å². The number of aromatic nitrogens is 2. The molecule has 0 atom stereocenters. The lowest BCUT2D eigenvalue weighted by atomic mass is 10.1. The number of aromatic amines is 1. The molecule has 0 aromatic carbocycles. The van der Waals surface area contributed by atoms with Crippen molar-refractivity contribution in [1.29, 1.82) is 0 Å². The second-order valence-corrected chi connectivity index (χ2v) is 3.99. The molecule has 1 aromatic rings. The van der Waals surface area contributed by atoms with Crippen molar-refractivity contribution in [2.75, 3.05) is 0 Å². The number of imidazole rings is 1. The molecule has 0 radical (unpaired) electrons. The number of Topliss-reactive ketones (excluding diaryl/α,β-unsaturated/α-hetero) is 1. The maximum Gasteiger partial charge on any atom is 0.456 e. The van der Waals surface area contributed by atoms with E-state index in [4.69, 9.17) is 0 Å². The lowest BCUT2D eigenvalue weighted by Gasteiger charge is -2.04. The molecule has 0 amide bonds. The summed E-state index contributed by atoms with van der Waals surface area (Å²) in [5.74, 6) is -1.18. The first-order valence-electron chi connectivity index (χ1n) is 5.15. The van der Waals surface area contributed by atoms with Crippen molar-refractivity contribution in [3.63, 3.8) is 0 Å². The van der Waals surface area contributed by atoms with Crippen LogP contribution in [-0.2, 0) is 0 Å². The largest absolute Gasteiger partial charge is 0.456 e. The summed E-state index contributed by atoms with van der Waals surface area (Å²) in [4.78, 5) is 17.2. The van der Waals surface area contributed by atoms with Gasteiger partial charge >= 0.3 is 6.18 Å². The number of halogens is 3. The molecule has 2 rings (SSSR count). The Hall–Kier alpha value is -1.33. The van der Waals surface area contributed by atoms with E-state index >= 15 is 0 Å². The van der Waals surface area contributed by atoms with Crippen molar-refractivity contribution in [2.45, 2.75) is 37.8 Å². The molecule has 0 saturated heterocycles. The number of nitrogens with zero attached hydrogens (tertiary/aromatic N) is 1. The van der Waals surface area contributed by atoms with E-state index in [-0.39, 0.29) is 5.92 Å². The fourth-order valence-corrected chi connectivity index (χ4v) is 2.01. The molecular weight excluding hydrogens is 221 g/mol. The van der Waals surface area contributed by atoms with E-state index in [0.29, 0.717) is 5.82 Å². The van der Waals surface area contributed by atoms with Crippen LogP contribution in [0.4, 0.5) is 13.2 Å². The molecule has 1 aliphatic rings. The minimum atomic E-state index is -4.83. The normalized spacial score (nSPS) is 17.9. The Balaban J connectivity index is 2.16. The van der Waals surface area contributed by atoms with Crippen LogP contribution in [0.1, 0.15) is 47.9 Å². The SMILES string of the molecule is O=C(c1cnc(C2CCCC2)[nH]1)C(F)(F)F. The molecular formula is C10H11F3N2O. The fraction of sp³-hybridized carbons (Fsp3) is 0.600. The number of carbonyl (C=O) groups is 1. The zero-order valence-electron chi connectivity index (χ0n) is 8.47. The highest BCUT2D eigenvalue weighted by Crippen LogP contribution is 2.32. The van der Waals surface area contributed by atoms with Gasteiger partial charge in [-0.15, -0.1) is 0 Å². The highest BCUT2D eigenvalue weighted by Gasteiger charge is 2.40. The van der Waals surface area contributed by atoms with Gasteiger partial charge in [0.2, 0.25) is 0 Å². The molecule has 6 heteroatoms. The summed E-state index contributed by atoms with van der Waals surface area (Å²) in [5, 5.41) is 0. The Morgan fingerprint density at radius 3 is 2.56 bits per heavy atom. The van der Waals surface area contributed by atoms with Gasteiger partial charge in [-0.2, -0.15) is 13.2 Å². The molecule has 1 N–H and O–H groups in total. The monoisotopic (exact) mass is 232 g/mol. The van der Waals surface area contributed by atoms with E-state index < -0.39 is 17.7 Å². The van der Waals surface area contributed by atoms with Gasteiger partial charge in [0.15, 0.2) is 0 Å². The van der Waals surface area contributed by atoms with Gasteiger partial charge in [0.25, 0.3) is 5.78 Å². The lowest BCUT2D eigenvalue weighted by Crippen LogP contribution is -2.23. The van der Waals surface area contributed by atoms with Crippen molar-refractivity contribution in [2.24, 2.45) is 0 Å². The van der Waals surface area contributed by atoms with Crippen molar-refractivity contribution < 1.29 is 18.0 Å². The molecule has 1 saturated carbocycles. The summed E-state index contributed by atoms with van der Waals surface area (Å²) in [6.07, 6.45) is 0.116. The molecule has 16 heavy (non-hydrogen) atoms. The molecule has 1 fully saturated rings. The van der Waals surface area contributed by atoms with Gasteiger partial charge in [0.1, 0.15) is 11.5 Å². The third-order valence-corrected chi connectivity index (χ3v) is 2.84. The summed E-state index contributed by atoms with van der Waals surface area (Å²) in [6, 6.07) is 0. The first-order chi connectivity index (χ1) is 7.48. The first kappa shape index (κ1) is 11.2. The summed E-state index contributed by atoms with van der Waals surface area (Å²) >= 11 is 0. The number of alkyl halides is 3. The predicted octanol–water partition coefficient (Wildman–Crippen LogP) is 2.81.